The monoisotopic (exact) mass is 305 g/mol. The molecular weight excluding hydrogens is 283 g/mol. The molecule has 1 aliphatic rings. The predicted octanol–water partition coefficient (Wildman–Crippen LogP) is 5.14. The average molecular weight is 305 g/mol. The van der Waals surface area contributed by atoms with E-state index in [4.69, 9.17) is 0 Å². The fraction of sp³-hybridized carbons (Fsp3) is 0.733. The van der Waals surface area contributed by atoms with Gasteiger partial charge in [0.2, 0.25) is 0 Å². The third-order valence-electron chi connectivity index (χ3n) is 4.20. The number of aryl methyl sites for hydroxylation is 2. The summed E-state index contributed by atoms with van der Waals surface area (Å²) in [5.41, 5.74) is 1.14. The maximum Gasteiger partial charge on any atom is 0.393 e. The van der Waals surface area contributed by atoms with Gasteiger partial charge in [0.25, 0.3) is 0 Å². The molecule has 114 valence electrons. The minimum absolute atomic E-state index is 0.0205. The Morgan fingerprint density at radius 2 is 1.90 bits per heavy atom. The molecule has 0 spiro atoms. The highest BCUT2D eigenvalue weighted by atomic mass is 32.1. The van der Waals surface area contributed by atoms with Gasteiger partial charge in [0.1, 0.15) is 0 Å². The molecule has 0 unspecified atom stereocenters. The molecule has 0 aliphatic heterocycles. The van der Waals surface area contributed by atoms with Crippen molar-refractivity contribution in [3.63, 3.8) is 0 Å². The largest absolute Gasteiger partial charge is 0.393 e. The summed E-state index contributed by atoms with van der Waals surface area (Å²) in [7, 11) is 0. The van der Waals surface area contributed by atoms with Crippen LogP contribution >= 0.6 is 11.3 Å². The molecule has 1 nitrogen and oxygen atoms in total. The Kier molecular flexibility index (Phi) is 4.80. The highest BCUT2D eigenvalue weighted by Gasteiger charge is 2.45. The van der Waals surface area contributed by atoms with E-state index in [-0.39, 0.29) is 12.5 Å². The van der Waals surface area contributed by atoms with Crippen molar-refractivity contribution in [1.29, 1.82) is 0 Å². The van der Waals surface area contributed by atoms with E-state index in [1.165, 1.54) is 9.75 Å². The summed E-state index contributed by atoms with van der Waals surface area (Å²) in [6, 6.07) is 1.62. The summed E-state index contributed by atoms with van der Waals surface area (Å²) in [6.07, 6.45) is -1.63. The molecule has 0 bridgehead atoms. The molecule has 1 saturated carbocycles. The summed E-state index contributed by atoms with van der Waals surface area (Å²) in [5, 5.41) is 3.23. The first kappa shape index (κ1) is 15.8. The van der Waals surface area contributed by atoms with Crippen LogP contribution in [-0.4, -0.2) is 12.2 Å². The summed E-state index contributed by atoms with van der Waals surface area (Å²) in [5.74, 6) is -1.20. The molecule has 1 aromatic rings. The van der Waals surface area contributed by atoms with Crippen molar-refractivity contribution in [2.75, 3.05) is 0 Å². The zero-order valence-electron chi connectivity index (χ0n) is 12.2. The molecule has 1 aromatic heterocycles. The zero-order chi connectivity index (χ0) is 14.9. The van der Waals surface area contributed by atoms with E-state index in [2.05, 4.69) is 11.4 Å². The quantitative estimate of drug-likeness (QED) is 0.815. The van der Waals surface area contributed by atoms with E-state index in [9.17, 15) is 13.2 Å². The molecule has 1 heterocycles. The second-order valence-electron chi connectivity index (χ2n) is 5.80. The Morgan fingerprint density at radius 1 is 1.25 bits per heavy atom. The molecular formula is C15H22F3NS. The number of halogens is 3. The number of hydrogen-bond acceptors (Lipinski definition) is 2. The van der Waals surface area contributed by atoms with Gasteiger partial charge in [0, 0.05) is 21.8 Å². The Balaban J connectivity index is 2.09. The maximum absolute atomic E-state index is 13.1. The van der Waals surface area contributed by atoms with Gasteiger partial charge in [0.15, 0.2) is 0 Å². The van der Waals surface area contributed by atoms with Crippen molar-refractivity contribution in [3.8, 4) is 0 Å². The van der Waals surface area contributed by atoms with Crippen LogP contribution in [0.15, 0.2) is 6.07 Å². The highest BCUT2D eigenvalue weighted by Crippen LogP contribution is 2.39. The number of thiophene rings is 1. The lowest BCUT2D eigenvalue weighted by Gasteiger charge is -2.35. The zero-order valence-corrected chi connectivity index (χ0v) is 13.0. The van der Waals surface area contributed by atoms with Gasteiger partial charge in [-0.15, -0.1) is 11.3 Å². The van der Waals surface area contributed by atoms with Crippen LogP contribution in [0.3, 0.4) is 0 Å². The molecule has 2 rings (SSSR count). The van der Waals surface area contributed by atoms with Gasteiger partial charge in [0.05, 0.1) is 5.92 Å². The molecule has 1 fully saturated rings. The van der Waals surface area contributed by atoms with E-state index in [0.717, 1.165) is 12.0 Å². The average Bonchev–Trinajstić information content (AvgIpc) is 2.68. The standard InChI is InChI=1S/C15H22F3NS/c1-9-8-12(11(3)20-9)10(2)19-14-7-5-4-6-13(14)15(16,17)18/h8,10,13-14,19H,4-7H2,1-3H3/t10-,13+,14-/m0/s1. The smallest absolute Gasteiger partial charge is 0.307 e. The lowest BCUT2D eigenvalue weighted by Crippen LogP contribution is -2.46. The van der Waals surface area contributed by atoms with Crippen LogP contribution in [0.2, 0.25) is 0 Å². The third-order valence-corrected chi connectivity index (χ3v) is 5.18. The first-order chi connectivity index (χ1) is 9.29. The van der Waals surface area contributed by atoms with Gasteiger partial charge < -0.3 is 5.32 Å². The van der Waals surface area contributed by atoms with Crippen LogP contribution < -0.4 is 5.32 Å². The fourth-order valence-corrected chi connectivity index (χ4v) is 4.24. The normalized spacial score (nSPS) is 25.7. The van der Waals surface area contributed by atoms with E-state index >= 15 is 0 Å². The SMILES string of the molecule is Cc1cc([C@H](C)N[C@H]2CCCC[C@H]2C(F)(F)F)c(C)s1. The van der Waals surface area contributed by atoms with Crippen LogP contribution in [-0.2, 0) is 0 Å². The number of hydrogen-bond donors (Lipinski definition) is 1. The van der Waals surface area contributed by atoms with Gasteiger partial charge in [-0.3, -0.25) is 0 Å². The molecule has 0 radical (unpaired) electrons. The highest BCUT2D eigenvalue weighted by molar-refractivity contribution is 7.12. The third kappa shape index (κ3) is 3.55. The van der Waals surface area contributed by atoms with Gasteiger partial charge >= 0.3 is 6.18 Å². The first-order valence-corrected chi connectivity index (χ1v) is 8.00. The molecule has 1 N–H and O–H groups in total. The van der Waals surface area contributed by atoms with E-state index < -0.39 is 18.1 Å². The van der Waals surface area contributed by atoms with Crippen LogP contribution in [0.4, 0.5) is 13.2 Å². The summed E-state index contributed by atoms with van der Waals surface area (Å²) < 4.78 is 39.3. The summed E-state index contributed by atoms with van der Waals surface area (Å²) in [4.78, 5) is 2.41. The molecule has 0 aromatic carbocycles. The van der Waals surface area contributed by atoms with Crippen LogP contribution in [0.1, 0.15) is 54.0 Å². The minimum Gasteiger partial charge on any atom is -0.307 e. The lowest BCUT2D eigenvalue weighted by atomic mass is 9.83. The van der Waals surface area contributed by atoms with Crippen molar-refractivity contribution < 1.29 is 13.2 Å². The van der Waals surface area contributed by atoms with Crippen LogP contribution in [0.25, 0.3) is 0 Å². The van der Waals surface area contributed by atoms with E-state index in [1.54, 1.807) is 11.3 Å². The molecule has 20 heavy (non-hydrogen) atoms. The van der Waals surface area contributed by atoms with Crippen LogP contribution in [0, 0.1) is 19.8 Å². The van der Waals surface area contributed by atoms with Crippen molar-refractivity contribution in [2.24, 2.45) is 5.92 Å². The maximum atomic E-state index is 13.1. The second kappa shape index (κ2) is 6.06. The topological polar surface area (TPSA) is 12.0 Å². The van der Waals surface area contributed by atoms with Crippen molar-refractivity contribution >= 4 is 11.3 Å². The van der Waals surface area contributed by atoms with Crippen molar-refractivity contribution in [2.45, 2.75) is 64.7 Å². The first-order valence-electron chi connectivity index (χ1n) is 7.18. The fourth-order valence-electron chi connectivity index (χ4n) is 3.21. The molecule has 0 saturated heterocycles. The second-order valence-corrected chi connectivity index (χ2v) is 7.26. The minimum atomic E-state index is -4.09. The van der Waals surface area contributed by atoms with Gasteiger partial charge in [-0.1, -0.05) is 12.8 Å². The Hall–Kier alpha value is -0.550. The summed E-state index contributed by atoms with van der Waals surface area (Å²) >= 11 is 1.70. The van der Waals surface area contributed by atoms with Gasteiger partial charge in [-0.05, 0) is 45.2 Å². The Morgan fingerprint density at radius 3 is 2.45 bits per heavy atom. The lowest BCUT2D eigenvalue weighted by molar-refractivity contribution is -0.189. The molecule has 1 aliphatic carbocycles. The number of alkyl halides is 3. The van der Waals surface area contributed by atoms with E-state index in [0.29, 0.717) is 12.8 Å². The van der Waals surface area contributed by atoms with Gasteiger partial charge in [-0.2, -0.15) is 13.2 Å². The molecule has 5 heteroatoms. The van der Waals surface area contributed by atoms with Crippen molar-refractivity contribution in [3.05, 3.63) is 21.4 Å². The number of nitrogens with one attached hydrogen (secondary N) is 1. The molecule has 3 atom stereocenters. The Bertz CT molecular complexity index is 452. The van der Waals surface area contributed by atoms with Crippen molar-refractivity contribution in [1.82, 2.24) is 5.32 Å². The summed E-state index contributed by atoms with van der Waals surface area (Å²) in [6.45, 7) is 6.04. The predicted molar refractivity (Wildman–Crippen MR) is 77.1 cm³/mol. The van der Waals surface area contributed by atoms with Crippen LogP contribution in [0.5, 0.6) is 0 Å². The van der Waals surface area contributed by atoms with Gasteiger partial charge in [-0.25, -0.2) is 0 Å². The Labute approximate surface area is 122 Å². The molecule has 0 amide bonds. The van der Waals surface area contributed by atoms with E-state index in [1.807, 2.05) is 20.8 Å². The number of rotatable bonds is 3.